The SMILES string of the molecule is CCC1=C[C@@H]2C[C@@](CC(=O)O)(C[N+](=O)[O-])[C@@H]2C1. The van der Waals surface area contributed by atoms with Crippen LogP contribution >= 0.6 is 0 Å². The van der Waals surface area contributed by atoms with Crippen LogP contribution < -0.4 is 0 Å². The monoisotopic (exact) mass is 239 g/mol. The van der Waals surface area contributed by atoms with Gasteiger partial charge in [-0.15, -0.1) is 0 Å². The number of carboxylic acid groups (broad SMARTS) is 1. The fourth-order valence-electron chi connectivity index (χ4n) is 3.51. The number of aliphatic carboxylic acids is 1. The molecule has 5 nitrogen and oxygen atoms in total. The van der Waals surface area contributed by atoms with Gasteiger partial charge in [-0.25, -0.2) is 0 Å². The lowest BCUT2D eigenvalue weighted by molar-refractivity contribution is -0.506. The van der Waals surface area contributed by atoms with E-state index in [1.165, 1.54) is 5.57 Å². The summed E-state index contributed by atoms with van der Waals surface area (Å²) < 4.78 is 0. The van der Waals surface area contributed by atoms with E-state index in [-0.39, 0.29) is 23.8 Å². The van der Waals surface area contributed by atoms with E-state index in [0.717, 1.165) is 12.8 Å². The first-order valence-electron chi connectivity index (χ1n) is 6.00. The van der Waals surface area contributed by atoms with Crippen LogP contribution in [0.4, 0.5) is 0 Å². The Morgan fingerprint density at radius 1 is 1.71 bits per heavy atom. The molecule has 17 heavy (non-hydrogen) atoms. The molecule has 5 heteroatoms. The van der Waals surface area contributed by atoms with Crippen molar-refractivity contribution in [2.45, 2.75) is 32.6 Å². The van der Waals surface area contributed by atoms with Gasteiger partial charge in [0.15, 0.2) is 0 Å². The highest BCUT2D eigenvalue weighted by Crippen LogP contribution is 2.60. The van der Waals surface area contributed by atoms with Crippen LogP contribution in [0.5, 0.6) is 0 Å². The van der Waals surface area contributed by atoms with Gasteiger partial charge in [-0.3, -0.25) is 14.9 Å². The highest BCUT2D eigenvalue weighted by atomic mass is 16.6. The number of allylic oxidation sites excluding steroid dienone is 2. The summed E-state index contributed by atoms with van der Waals surface area (Å²) in [7, 11) is 0. The zero-order valence-corrected chi connectivity index (χ0v) is 9.89. The molecule has 0 bridgehead atoms. The molecular formula is C12H17NO4. The number of fused-ring (bicyclic) bond motifs is 1. The minimum Gasteiger partial charge on any atom is -0.481 e. The highest BCUT2D eigenvalue weighted by molar-refractivity contribution is 5.68. The number of hydrogen-bond acceptors (Lipinski definition) is 3. The van der Waals surface area contributed by atoms with Crippen LogP contribution in [0.25, 0.3) is 0 Å². The van der Waals surface area contributed by atoms with Crippen LogP contribution in [-0.2, 0) is 4.79 Å². The molecule has 0 unspecified atom stereocenters. The fourth-order valence-corrected chi connectivity index (χ4v) is 3.51. The van der Waals surface area contributed by atoms with E-state index in [1.54, 1.807) is 0 Å². The maximum atomic E-state index is 10.9. The lowest BCUT2D eigenvalue weighted by atomic mass is 9.53. The molecule has 0 radical (unpaired) electrons. The van der Waals surface area contributed by atoms with E-state index < -0.39 is 11.4 Å². The maximum Gasteiger partial charge on any atom is 0.304 e. The van der Waals surface area contributed by atoms with Gasteiger partial charge in [0.1, 0.15) is 0 Å². The smallest absolute Gasteiger partial charge is 0.304 e. The van der Waals surface area contributed by atoms with Gasteiger partial charge in [-0.2, -0.15) is 0 Å². The molecule has 1 fully saturated rings. The van der Waals surface area contributed by atoms with Gasteiger partial charge in [-0.1, -0.05) is 18.6 Å². The van der Waals surface area contributed by atoms with Gasteiger partial charge in [0.25, 0.3) is 0 Å². The molecule has 2 rings (SSSR count). The summed E-state index contributed by atoms with van der Waals surface area (Å²) in [6.07, 6.45) is 4.61. The molecule has 0 aromatic rings. The largest absolute Gasteiger partial charge is 0.481 e. The molecular weight excluding hydrogens is 222 g/mol. The molecule has 94 valence electrons. The van der Waals surface area contributed by atoms with Gasteiger partial charge in [0, 0.05) is 10.3 Å². The molecule has 0 saturated heterocycles. The van der Waals surface area contributed by atoms with E-state index in [0.29, 0.717) is 12.3 Å². The molecule has 0 aliphatic heterocycles. The van der Waals surface area contributed by atoms with Crippen molar-refractivity contribution >= 4 is 5.97 Å². The molecule has 0 spiro atoms. The Bertz CT molecular complexity index is 372. The molecule has 2 aliphatic carbocycles. The molecule has 0 heterocycles. The number of rotatable bonds is 5. The van der Waals surface area contributed by atoms with Gasteiger partial charge in [0.05, 0.1) is 6.42 Å². The van der Waals surface area contributed by atoms with Crippen molar-refractivity contribution < 1.29 is 14.8 Å². The van der Waals surface area contributed by atoms with Gasteiger partial charge >= 0.3 is 5.97 Å². The summed E-state index contributed by atoms with van der Waals surface area (Å²) >= 11 is 0. The first-order valence-corrected chi connectivity index (χ1v) is 6.00. The van der Waals surface area contributed by atoms with Crippen LogP contribution in [0.3, 0.4) is 0 Å². The Morgan fingerprint density at radius 3 is 2.94 bits per heavy atom. The second kappa shape index (κ2) is 4.13. The summed E-state index contributed by atoms with van der Waals surface area (Å²) in [6.45, 7) is 1.87. The van der Waals surface area contributed by atoms with Crippen molar-refractivity contribution in [3.05, 3.63) is 21.8 Å². The van der Waals surface area contributed by atoms with Crippen molar-refractivity contribution in [3.63, 3.8) is 0 Å². The summed E-state index contributed by atoms with van der Waals surface area (Å²) in [5, 5.41) is 19.7. The van der Waals surface area contributed by atoms with Gasteiger partial charge in [-0.05, 0) is 31.1 Å². The Labute approximate surface area is 99.7 Å². The predicted octanol–water partition coefficient (Wildman–Crippen LogP) is 2.10. The zero-order chi connectivity index (χ0) is 12.6. The number of carboxylic acids is 1. The number of nitrogens with zero attached hydrogens (tertiary/aromatic N) is 1. The van der Waals surface area contributed by atoms with Crippen molar-refractivity contribution in [2.75, 3.05) is 6.54 Å². The standard InChI is InChI=1S/C12H17NO4/c1-2-8-3-9-5-12(6-11(14)15,7-13(16)17)10(9)4-8/h3,9-10H,2,4-7H2,1H3,(H,14,15)/t9-,10-,12-/m1/s1. The normalized spacial score (nSPS) is 34.8. The van der Waals surface area contributed by atoms with Crippen molar-refractivity contribution in [3.8, 4) is 0 Å². The molecule has 1 saturated carbocycles. The lowest BCUT2D eigenvalue weighted by Gasteiger charge is -2.49. The predicted molar refractivity (Wildman–Crippen MR) is 61.1 cm³/mol. The third kappa shape index (κ3) is 2.06. The molecule has 1 N–H and O–H groups in total. The Kier molecular flexibility index (Phi) is 2.93. The molecule has 0 aromatic carbocycles. The molecule has 0 amide bonds. The second-order valence-electron chi connectivity index (χ2n) is 5.28. The van der Waals surface area contributed by atoms with E-state index in [9.17, 15) is 14.9 Å². The number of carbonyl (C=O) groups is 1. The van der Waals surface area contributed by atoms with Crippen molar-refractivity contribution in [1.82, 2.24) is 0 Å². The third-order valence-electron chi connectivity index (χ3n) is 4.28. The minimum atomic E-state index is -0.921. The maximum absolute atomic E-state index is 10.9. The Balaban J connectivity index is 2.11. The number of hydrogen-bond donors (Lipinski definition) is 1. The van der Waals surface area contributed by atoms with E-state index in [2.05, 4.69) is 13.0 Å². The summed E-state index contributed by atoms with van der Waals surface area (Å²) in [5.41, 5.74) is 0.726. The topological polar surface area (TPSA) is 80.4 Å². The van der Waals surface area contributed by atoms with Crippen LogP contribution in [0.15, 0.2) is 11.6 Å². The highest BCUT2D eigenvalue weighted by Gasteiger charge is 2.58. The Morgan fingerprint density at radius 2 is 2.41 bits per heavy atom. The van der Waals surface area contributed by atoms with Crippen molar-refractivity contribution in [2.24, 2.45) is 17.3 Å². The van der Waals surface area contributed by atoms with Crippen LogP contribution in [0.1, 0.15) is 32.6 Å². The fraction of sp³-hybridized carbons (Fsp3) is 0.750. The molecule has 0 aromatic heterocycles. The summed E-state index contributed by atoms with van der Waals surface area (Å²) in [5.74, 6) is -0.363. The number of nitro groups is 1. The first-order chi connectivity index (χ1) is 7.97. The van der Waals surface area contributed by atoms with Gasteiger partial charge in [0.2, 0.25) is 6.54 Å². The van der Waals surface area contributed by atoms with Gasteiger partial charge < -0.3 is 5.11 Å². The van der Waals surface area contributed by atoms with Crippen LogP contribution in [-0.4, -0.2) is 22.5 Å². The average molecular weight is 239 g/mol. The van der Waals surface area contributed by atoms with E-state index in [4.69, 9.17) is 5.11 Å². The minimum absolute atomic E-state index is 0.0695. The second-order valence-corrected chi connectivity index (χ2v) is 5.28. The summed E-state index contributed by atoms with van der Waals surface area (Å²) in [6, 6.07) is 0. The third-order valence-corrected chi connectivity index (χ3v) is 4.28. The summed E-state index contributed by atoms with van der Waals surface area (Å²) in [4.78, 5) is 21.3. The Hall–Kier alpha value is -1.39. The molecule has 3 atom stereocenters. The molecule has 2 aliphatic rings. The average Bonchev–Trinajstić information content (AvgIpc) is 2.54. The quantitative estimate of drug-likeness (QED) is 0.452. The van der Waals surface area contributed by atoms with E-state index >= 15 is 0 Å². The van der Waals surface area contributed by atoms with Crippen LogP contribution in [0.2, 0.25) is 0 Å². The van der Waals surface area contributed by atoms with Crippen LogP contribution in [0, 0.1) is 27.4 Å². The van der Waals surface area contributed by atoms with Crippen molar-refractivity contribution in [1.29, 1.82) is 0 Å². The lowest BCUT2D eigenvalue weighted by Crippen LogP contribution is -2.51. The first kappa shape index (κ1) is 12.1. The zero-order valence-electron chi connectivity index (χ0n) is 9.89. The van der Waals surface area contributed by atoms with E-state index in [1.807, 2.05) is 0 Å².